The van der Waals surface area contributed by atoms with Gasteiger partial charge in [-0.2, -0.15) is 0 Å². The third-order valence-electron chi connectivity index (χ3n) is 4.59. The number of morpholine rings is 1. The second-order valence-electron chi connectivity index (χ2n) is 6.10. The van der Waals surface area contributed by atoms with Gasteiger partial charge in [-0.25, -0.2) is 0 Å². The highest BCUT2D eigenvalue weighted by Crippen LogP contribution is 2.31. The maximum absolute atomic E-state index is 13.3. The van der Waals surface area contributed by atoms with Gasteiger partial charge in [-0.15, -0.1) is 0 Å². The van der Waals surface area contributed by atoms with E-state index in [1.54, 1.807) is 0 Å². The van der Waals surface area contributed by atoms with Crippen LogP contribution in [0.4, 0.5) is 0 Å². The first-order valence-electron chi connectivity index (χ1n) is 8.84. The van der Waals surface area contributed by atoms with Crippen LogP contribution >= 0.6 is 0 Å². The van der Waals surface area contributed by atoms with Gasteiger partial charge >= 0.3 is 0 Å². The number of nitrogens with one attached hydrogen (secondary N) is 1. The van der Waals surface area contributed by atoms with Gasteiger partial charge in [0.25, 0.3) is 0 Å². The van der Waals surface area contributed by atoms with Crippen LogP contribution < -0.4 is 10.1 Å². The quantitative estimate of drug-likeness (QED) is 0.867. The Balaban J connectivity index is 1.90. The fourth-order valence-electron chi connectivity index (χ4n) is 3.38. The molecule has 2 fully saturated rings. The molecule has 2 aliphatic rings. The molecule has 132 valence electrons. The number of piperazine rings is 1. The van der Waals surface area contributed by atoms with Gasteiger partial charge in [0.2, 0.25) is 5.91 Å². The maximum Gasteiger partial charge on any atom is 0.244 e. The van der Waals surface area contributed by atoms with Gasteiger partial charge in [0.05, 0.1) is 19.8 Å². The first-order chi connectivity index (χ1) is 11.8. The predicted molar refractivity (Wildman–Crippen MR) is 92.2 cm³/mol. The lowest BCUT2D eigenvalue weighted by Gasteiger charge is -2.38. The average molecular weight is 333 g/mol. The Labute approximate surface area is 143 Å². The Hall–Kier alpha value is -1.63. The molecule has 0 bridgehead atoms. The summed E-state index contributed by atoms with van der Waals surface area (Å²) >= 11 is 0. The van der Waals surface area contributed by atoms with Crippen molar-refractivity contribution in [2.24, 2.45) is 0 Å². The Morgan fingerprint density at radius 2 is 1.92 bits per heavy atom. The van der Waals surface area contributed by atoms with Crippen LogP contribution in [-0.2, 0) is 9.53 Å². The summed E-state index contributed by atoms with van der Waals surface area (Å²) in [6, 6.07) is 7.65. The number of ether oxygens (including phenoxy) is 2. The van der Waals surface area contributed by atoms with E-state index in [2.05, 4.69) is 10.2 Å². The zero-order chi connectivity index (χ0) is 16.8. The number of carbonyl (C=O) groups excluding carboxylic acids is 1. The zero-order valence-electron chi connectivity index (χ0n) is 14.4. The number of benzene rings is 1. The molecule has 24 heavy (non-hydrogen) atoms. The van der Waals surface area contributed by atoms with Crippen molar-refractivity contribution in [3.8, 4) is 5.75 Å². The second-order valence-corrected chi connectivity index (χ2v) is 6.10. The monoisotopic (exact) mass is 333 g/mol. The van der Waals surface area contributed by atoms with Crippen LogP contribution in [0.15, 0.2) is 24.3 Å². The Morgan fingerprint density at radius 3 is 2.62 bits per heavy atom. The highest BCUT2D eigenvalue weighted by atomic mass is 16.5. The summed E-state index contributed by atoms with van der Waals surface area (Å²) in [6.45, 7) is 8.67. The van der Waals surface area contributed by atoms with Crippen LogP contribution in [0.3, 0.4) is 0 Å². The summed E-state index contributed by atoms with van der Waals surface area (Å²) in [6.07, 6.45) is 0. The Bertz CT molecular complexity index is 540. The summed E-state index contributed by atoms with van der Waals surface area (Å²) in [7, 11) is 0. The normalized spacial score (nSPS) is 20.6. The maximum atomic E-state index is 13.3. The molecule has 2 saturated heterocycles. The molecule has 0 saturated carbocycles. The molecule has 1 aromatic rings. The van der Waals surface area contributed by atoms with Crippen LogP contribution in [0.1, 0.15) is 18.5 Å². The molecular formula is C18H27N3O3. The van der Waals surface area contributed by atoms with Gasteiger partial charge < -0.3 is 19.7 Å². The Kier molecular flexibility index (Phi) is 6.07. The SMILES string of the molecule is CCOc1ccccc1C(C(=O)N1CCOCC1)N1CCNCC1. The van der Waals surface area contributed by atoms with E-state index < -0.39 is 0 Å². The molecular weight excluding hydrogens is 306 g/mol. The van der Waals surface area contributed by atoms with Crippen molar-refractivity contribution in [1.29, 1.82) is 0 Å². The van der Waals surface area contributed by atoms with E-state index in [9.17, 15) is 4.79 Å². The number of carbonyl (C=O) groups is 1. The van der Waals surface area contributed by atoms with Gasteiger partial charge in [-0.3, -0.25) is 9.69 Å². The van der Waals surface area contributed by atoms with Crippen LogP contribution in [0.25, 0.3) is 0 Å². The number of nitrogens with zero attached hydrogens (tertiary/aromatic N) is 2. The van der Waals surface area contributed by atoms with Crippen molar-refractivity contribution >= 4 is 5.91 Å². The minimum Gasteiger partial charge on any atom is -0.494 e. The first kappa shape index (κ1) is 17.2. The van der Waals surface area contributed by atoms with Gasteiger partial charge in [-0.05, 0) is 13.0 Å². The van der Waals surface area contributed by atoms with E-state index in [-0.39, 0.29) is 11.9 Å². The summed E-state index contributed by atoms with van der Waals surface area (Å²) in [5.74, 6) is 0.970. The van der Waals surface area contributed by atoms with Crippen molar-refractivity contribution in [3.05, 3.63) is 29.8 Å². The number of rotatable bonds is 5. The molecule has 1 amide bonds. The molecule has 1 aromatic carbocycles. The minimum atomic E-state index is -0.284. The van der Waals surface area contributed by atoms with Gasteiger partial charge in [0, 0.05) is 44.8 Å². The molecule has 2 heterocycles. The Morgan fingerprint density at radius 1 is 1.21 bits per heavy atom. The lowest BCUT2D eigenvalue weighted by Crippen LogP contribution is -2.52. The number of hydrogen-bond acceptors (Lipinski definition) is 5. The molecule has 0 aliphatic carbocycles. The van der Waals surface area contributed by atoms with E-state index in [1.165, 1.54) is 0 Å². The van der Waals surface area contributed by atoms with E-state index in [0.717, 1.165) is 37.5 Å². The van der Waals surface area contributed by atoms with E-state index in [1.807, 2.05) is 36.1 Å². The summed E-state index contributed by atoms with van der Waals surface area (Å²) in [4.78, 5) is 17.5. The topological polar surface area (TPSA) is 54.0 Å². The standard InChI is InChI=1S/C18H27N3O3/c1-2-24-16-6-4-3-5-15(16)17(20-9-7-19-8-10-20)18(22)21-11-13-23-14-12-21/h3-6,17,19H,2,7-14H2,1H3. The van der Waals surface area contributed by atoms with Gasteiger partial charge in [-0.1, -0.05) is 18.2 Å². The van der Waals surface area contributed by atoms with E-state index in [0.29, 0.717) is 32.9 Å². The summed E-state index contributed by atoms with van der Waals surface area (Å²) < 4.78 is 11.2. The van der Waals surface area contributed by atoms with E-state index in [4.69, 9.17) is 9.47 Å². The molecule has 1 N–H and O–H groups in total. The average Bonchev–Trinajstić information content (AvgIpc) is 2.65. The zero-order valence-corrected chi connectivity index (χ0v) is 14.4. The van der Waals surface area contributed by atoms with Crippen LogP contribution in [0.2, 0.25) is 0 Å². The lowest BCUT2D eigenvalue weighted by atomic mass is 10.0. The molecule has 2 aliphatic heterocycles. The van der Waals surface area contributed by atoms with Crippen molar-refractivity contribution in [2.45, 2.75) is 13.0 Å². The molecule has 1 atom stereocenters. The summed E-state index contributed by atoms with van der Waals surface area (Å²) in [5, 5.41) is 3.36. The third kappa shape index (κ3) is 3.88. The highest BCUT2D eigenvalue weighted by molar-refractivity contribution is 5.84. The van der Waals surface area contributed by atoms with Crippen molar-refractivity contribution in [1.82, 2.24) is 15.1 Å². The van der Waals surface area contributed by atoms with Crippen LogP contribution in [0.5, 0.6) is 5.75 Å². The molecule has 0 spiro atoms. The fourth-order valence-corrected chi connectivity index (χ4v) is 3.38. The largest absolute Gasteiger partial charge is 0.494 e. The predicted octanol–water partition coefficient (Wildman–Crippen LogP) is 0.890. The molecule has 3 rings (SSSR count). The van der Waals surface area contributed by atoms with E-state index >= 15 is 0 Å². The van der Waals surface area contributed by atoms with Crippen LogP contribution in [-0.4, -0.2) is 74.8 Å². The minimum absolute atomic E-state index is 0.160. The molecule has 1 unspecified atom stereocenters. The first-order valence-corrected chi connectivity index (χ1v) is 8.84. The smallest absolute Gasteiger partial charge is 0.244 e. The van der Waals surface area contributed by atoms with Gasteiger partial charge in [0.1, 0.15) is 11.8 Å². The highest BCUT2D eigenvalue weighted by Gasteiger charge is 2.34. The second kappa shape index (κ2) is 8.46. The number of amides is 1. The number of para-hydroxylation sites is 1. The fraction of sp³-hybridized carbons (Fsp3) is 0.611. The summed E-state index contributed by atoms with van der Waals surface area (Å²) in [5.41, 5.74) is 0.970. The lowest BCUT2D eigenvalue weighted by molar-refractivity contribution is -0.141. The third-order valence-corrected chi connectivity index (χ3v) is 4.59. The molecule has 0 aromatic heterocycles. The van der Waals surface area contributed by atoms with Crippen molar-refractivity contribution < 1.29 is 14.3 Å². The molecule has 0 radical (unpaired) electrons. The molecule has 6 nitrogen and oxygen atoms in total. The van der Waals surface area contributed by atoms with Crippen molar-refractivity contribution in [3.63, 3.8) is 0 Å². The molecule has 6 heteroatoms. The van der Waals surface area contributed by atoms with Gasteiger partial charge in [0.15, 0.2) is 0 Å². The van der Waals surface area contributed by atoms with Crippen molar-refractivity contribution in [2.75, 3.05) is 59.1 Å². The van der Waals surface area contributed by atoms with Crippen LogP contribution in [0, 0.1) is 0 Å². The number of hydrogen-bond donors (Lipinski definition) is 1.